The molecular formula is C23H23ClN2O4S. The highest BCUT2D eigenvalue weighted by atomic mass is 35.5. The van der Waals surface area contributed by atoms with Crippen molar-refractivity contribution < 1.29 is 17.9 Å². The summed E-state index contributed by atoms with van der Waals surface area (Å²) < 4.78 is 33.0. The van der Waals surface area contributed by atoms with Crippen LogP contribution >= 0.6 is 11.6 Å². The lowest BCUT2D eigenvalue weighted by Gasteiger charge is -2.27. The monoisotopic (exact) mass is 458 g/mol. The molecule has 0 radical (unpaired) electrons. The van der Waals surface area contributed by atoms with E-state index in [-0.39, 0.29) is 17.3 Å². The normalized spacial score (nSPS) is 11.1. The van der Waals surface area contributed by atoms with Crippen LogP contribution in [-0.4, -0.2) is 39.9 Å². The molecule has 1 amide bonds. The van der Waals surface area contributed by atoms with E-state index in [9.17, 15) is 13.2 Å². The van der Waals surface area contributed by atoms with Crippen LogP contribution in [0.3, 0.4) is 0 Å². The highest BCUT2D eigenvalue weighted by Gasteiger charge is 2.28. The van der Waals surface area contributed by atoms with Gasteiger partial charge in [0.05, 0.1) is 17.7 Å². The van der Waals surface area contributed by atoms with Crippen molar-refractivity contribution in [3.8, 4) is 5.75 Å². The Morgan fingerprint density at radius 3 is 2.13 bits per heavy atom. The van der Waals surface area contributed by atoms with Gasteiger partial charge in [0.25, 0.3) is 10.0 Å². The number of likely N-dealkylation sites (N-methyl/N-ethyl adjacent to an activating group) is 1. The molecule has 0 saturated carbocycles. The first-order valence-corrected chi connectivity index (χ1v) is 11.3. The molecule has 0 aromatic heterocycles. The third kappa shape index (κ3) is 5.57. The maximum absolute atomic E-state index is 13.4. The summed E-state index contributed by atoms with van der Waals surface area (Å²) in [5, 5.41) is 0.470. The van der Waals surface area contributed by atoms with Gasteiger partial charge in [-0.15, -0.1) is 0 Å². The number of hydrogen-bond acceptors (Lipinski definition) is 4. The van der Waals surface area contributed by atoms with Crippen molar-refractivity contribution in [3.63, 3.8) is 0 Å². The van der Waals surface area contributed by atoms with Crippen LogP contribution in [0.4, 0.5) is 5.69 Å². The van der Waals surface area contributed by atoms with Crippen molar-refractivity contribution in [2.45, 2.75) is 11.4 Å². The number of methoxy groups -OCH3 is 1. The fourth-order valence-corrected chi connectivity index (χ4v) is 4.53. The summed E-state index contributed by atoms with van der Waals surface area (Å²) in [6.07, 6.45) is 0. The van der Waals surface area contributed by atoms with Crippen molar-refractivity contribution in [1.29, 1.82) is 0 Å². The first-order valence-electron chi connectivity index (χ1n) is 9.51. The highest BCUT2D eigenvalue weighted by Crippen LogP contribution is 2.26. The van der Waals surface area contributed by atoms with E-state index in [0.29, 0.717) is 23.0 Å². The lowest BCUT2D eigenvalue weighted by Crippen LogP contribution is -2.41. The van der Waals surface area contributed by atoms with Gasteiger partial charge in [-0.1, -0.05) is 41.9 Å². The molecule has 3 aromatic carbocycles. The summed E-state index contributed by atoms with van der Waals surface area (Å²) >= 11 is 5.97. The third-order valence-corrected chi connectivity index (χ3v) is 6.77. The number of benzene rings is 3. The van der Waals surface area contributed by atoms with E-state index in [2.05, 4.69) is 0 Å². The molecule has 8 heteroatoms. The molecule has 31 heavy (non-hydrogen) atoms. The number of carbonyl (C=O) groups is 1. The molecule has 0 spiro atoms. The van der Waals surface area contributed by atoms with E-state index in [4.69, 9.17) is 16.3 Å². The number of amides is 1. The summed E-state index contributed by atoms with van der Waals surface area (Å²) in [5.41, 5.74) is 1.30. The molecule has 0 aliphatic carbocycles. The van der Waals surface area contributed by atoms with Crippen molar-refractivity contribution in [3.05, 3.63) is 89.4 Å². The average molecular weight is 459 g/mol. The zero-order valence-electron chi connectivity index (χ0n) is 17.2. The van der Waals surface area contributed by atoms with E-state index in [1.807, 2.05) is 30.3 Å². The number of ether oxygens (including phenoxy) is 1. The Hall–Kier alpha value is -3.03. The van der Waals surface area contributed by atoms with Gasteiger partial charge in [0, 0.05) is 18.6 Å². The average Bonchev–Trinajstić information content (AvgIpc) is 2.78. The van der Waals surface area contributed by atoms with E-state index in [1.165, 1.54) is 24.1 Å². The largest absolute Gasteiger partial charge is 0.497 e. The Kier molecular flexibility index (Phi) is 7.20. The zero-order chi connectivity index (χ0) is 22.4. The van der Waals surface area contributed by atoms with E-state index in [1.54, 1.807) is 43.4 Å². The smallest absolute Gasteiger partial charge is 0.264 e. The van der Waals surface area contributed by atoms with Crippen LogP contribution in [0.1, 0.15) is 5.56 Å². The minimum Gasteiger partial charge on any atom is -0.497 e. The number of nitrogens with zero attached hydrogens (tertiary/aromatic N) is 2. The molecule has 3 rings (SSSR count). The van der Waals surface area contributed by atoms with Crippen LogP contribution in [0.25, 0.3) is 0 Å². The Morgan fingerprint density at radius 1 is 0.935 bits per heavy atom. The maximum atomic E-state index is 13.4. The van der Waals surface area contributed by atoms with Gasteiger partial charge in [0.1, 0.15) is 12.3 Å². The fourth-order valence-electron chi connectivity index (χ4n) is 2.99. The second-order valence-corrected chi connectivity index (χ2v) is 9.20. The summed E-state index contributed by atoms with van der Waals surface area (Å²) in [5.74, 6) is 0.201. The SMILES string of the molecule is COc1ccc(S(=O)(=O)N(CC(=O)N(C)Cc2ccccc2)c2ccc(Cl)cc2)cc1. The molecule has 3 aromatic rings. The molecular weight excluding hydrogens is 436 g/mol. The Morgan fingerprint density at radius 2 is 1.55 bits per heavy atom. The lowest BCUT2D eigenvalue weighted by atomic mass is 10.2. The Labute approximate surface area is 187 Å². The molecule has 0 N–H and O–H groups in total. The predicted octanol–water partition coefficient (Wildman–Crippen LogP) is 4.20. The number of halogens is 1. The number of anilines is 1. The minimum atomic E-state index is -4.01. The third-order valence-electron chi connectivity index (χ3n) is 4.73. The molecule has 0 fully saturated rings. The molecule has 0 unspecified atom stereocenters. The van der Waals surface area contributed by atoms with Gasteiger partial charge in [0.15, 0.2) is 0 Å². The quantitative estimate of drug-likeness (QED) is 0.507. The fraction of sp³-hybridized carbons (Fsp3) is 0.174. The second-order valence-electron chi connectivity index (χ2n) is 6.90. The molecule has 0 aliphatic rings. The molecule has 162 valence electrons. The van der Waals surface area contributed by atoms with Gasteiger partial charge in [-0.2, -0.15) is 0 Å². The van der Waals surface area contributed by atoms with Gasteiger partial charge in [-0.3, -0.25) is 9.10 Å². The number of sulfonamides is 1. The molecule has 0 bridgehead atoms. The van der Waals surface area contributed by atoms with Gasteiger partial charge < -0.3 is 9.64 Å². The topological polar surface area (TPSA) is 66.9 Å². The van der Waals surface area contributed by atoms with Crippen LogP contribution in [0.15, 0.2) is 83.8 Å². The molecule has 0 aliphatic heterocycles. The van der Waals surface area contributed by atoms with Gasteiger partial charge in [-0.25, -0.2) is 8.42 Å². The summed E-state index contributed by atoms with van der Waals surface area (Å²) in [6.45, 7) is 0.0239. The molecule has 0 atom stereocenters. The Bertz CT molecular complexity index is 1120. The van der Waals surface area contributed by atoms with Crippen molar-refractivity contribution in [2.24, 2.45) is 0 Å². The molecule has 6 nitrogen and oxygen atoms in total. The molecule has 0 heterocycles. The van der Waals surface area contributed by atoms with Crippen molar-refractivity contribution in [1.82, 2.24) is 4.90 Å². The second kappa shape index (κ2) is 9.85. The Balaban J connectivity index is 1.90. The van der Waals surface area contributed by atoms with Crippen molar-refractivity contribution >= 4 is 33.2 Å². The number of hydrogen-bond donors (Lipinski definition) is 0. The van der Waals surface area contributed by atoms with Crippen LogP contribution in [0, 0.1) is 0 Å². The van der Waals surface area contributed by atoms with Crippen LogP contribution in [0.5, 0.6) is 5.75 Å². The summed E-state index contributed by atoms with van der Waals surface area (Å²) in [7, 11) is -0.853. The van der Waals surface area contributed by atoms with Gasteiger partial charge in [0.2, 0.25) is 5.91 Å². The lowest BCUT2D eigenvalue weighted by molar-refractivity contribution is -0.128. The van der Waals surface area contributed by atoms with E-state index >= 15 is 0 Å². The number of rotatable bonds is 8. The predicted molar refractivity (Wildman–Crippen MR) is 122 cm³/mol. The highest BCUT2D eigenvalue weighted by molar-refractivity contribution is 7.92. The van der Waals surface area contributed by atoms with Crippen LogP contribution in [-0.2, 0) is 21.4 Å². The van der Waals surface area contributed by atoms with E-state index < -0.39 is 10.0 Å². The first-order chi connectivity index (χ1) is 14.8. The maximum Gasteiger partial charge on any atom is 0.264 e. The number of carbonyl (C=O) groups excluding carboxylic acids is 1. The zero-order valence-corrected chi connectivity index (χ0v) is 18.8. The minimum absolute atomic E-state index is 0.0572. The first kappa shape index (κ1) is 22.7. The van der Waals surface area contributed by atoms with Gasteiger partial charge in [-0.05, 0) is 54.1 Å². The van der Waals surface area contributed by atoms with Crippen LogP contribution in [0.2, 0.25) is 5.02 Å². The molecule has 0 saturated heterocycles. The van der Waals surface area contributed by atoms with E-state index in [0.717, 1.165) is 9.87 Å². The van der Waals surface area contributed by atoms with Crippen LogP contribution < -0.4 is 9.04 Å². The van der Waals surface area contributed by atoms with Crippen molar-refractivity contribution in [2.75, 3.05) is 25.0 Å². The summed E-state index contributed by atoms with van der Waals surface area (Å²) in [6, 6.07) is 21.9. The van der Waals surface area contributed by atoms with Gasteiger partial charge >= 0.3 is 0 Å². The standard InChI is InChI=1S/C23H23ClN2O4S/c1-25(16-18-6-4-3-5-7-18)23(27)17-26(20-10-8-19(24)9-11-20)31(28,29)22-14-12-21(30-2)13-15-22/h3-15H,16-17H2,1-2H3. The summed E-state index contributed by atoms with van der Waals surface area (Å²) in [4.78, 5) is 14.5.